The van der Waals surface area contributed by atoms with E-state index in [4.69, 9.17) is 0 Å². The molecular formula is C18H18N4O2. The van der Waals surface area contributed by atoms with Crippen LogP contribution in [0.1, 0.15) is 16.1 Å². The van der Waals surface area contributed by atoms with E-state index in [1.807, 2.05) is 42.5 Å². The van der Waals surface area contributed by atoms with Crippen molar-refractivity contribution in [2.24, 2.45) is 0 Å². The fourth-order valence-corrected chi connectivity index (χ4v) is 2.42. The number of nitrogens with zero attached hydrogens (tertiary/aromatic N) is 2. The fraction of sp³-hybridized carbons (Fsp3) is 0.167. The summed E-state index contributed by atoms with van der Waals surface area (Å²) < 4.78 is 0. The van der Waals surface area contributed by atoms with Gasteiger partial charge >= 0.3 is 0 Å². The van der Waals surface area contributed by atoms with Crippen LogP contribution in [0.2, 0.25) is 0 Å². The van der Waals surface area contributed by atoms with E-state index in [1.54, 1.807) is 18.5 Å². The molecule has 122 valence electrons. The molecule has 0 radical (unpaired) electrons. The van der Waals surface area contributed by atoms with Crippen molar-refractivity contribution >= 4 is 5.91 Å². The molecule has 0 aliphatic carbocycles. The Morgan fingerprint density at radius 1 is 1.21 bits per heavy atom. The molecule has 0 saturated carbocycles. The van der Waals surface area contributed by atoms with E-state index in [2.05, 4.69) is 20.5 Å². The minimum atomic E-state index is -0.356. The van der Waals surface area contributed by atoms with E-state index >= 15 is 0 Å². The van der Waals surface area contributed by atoms with Gasteiger partial charge in [-0.3, -0.25) is 14.9 Å². The number of carbonyl (C=O) groups is 1. The van der Waals surface area contributed by atoms with Crippen LogP contribution in [0.15, 0.2) is 60.9 Å². The number of benzene rings is 1. The van der Waals surface area contributed by atoms with Gasteiger partial charge in [-0.15, -0.1) is 0 Å². The van der Waals surface area contributed by atoms with Crippen LogP contribution in [0.25, 0.3) is 11.3 Å². The number of carbonyl (C=O) groups excluding carboxylic acids is 1. The molecule has 6 nitrogen and oxygen atoms in total. The Hall–Kier alpha value is -2.99. The van der Waals surface area contributed by atoms with E-state index in [9.17, 15) is 9.90 Å². The van der Waals surface area contributed by atoms with Gasteiger partial charge in [-0.05, 0) is 30.2 Å². The molecule has 0 spiro atoms. The van der Waals surface area contributed by atoms with Crippen LogP contribution in [0.4, 0.5) is 0 Å². The minimum Gasteiger partial charge on any atom is -0.394 e. The molecule has 0 fully saturated rings. The summed E-state index contributed by atoms with van der Waals surface area (Å²) in [6.07, 6.45) is 3.93. The van der Waals surface area contributed by atoms with Gasteiger partial charge in [0.15, 0.2) is 0 Å². The number of amides is 1. The van der Waals surface area contributed by atoms with Gasteiger partial charge in [0.1, 0.15) is 5.69 Å². The highest BCUT2D eigenvalue weighted by Gasteiger charge is 2.16. The molecule has 6 heteroatoms. The molecule has 1 atom stereocenters. The summed E-state index contributed by atoms with van der Waals surface area (Å²) in [5.41, 5.74) is 2.88. The Morgan fingerprint density at radius 3 is 2.75 bits per heavy atom. The van der Waals surface area contributed by atoms with Crippen molar-refractivity contribution in [3.05, 3.63) is 72.2 Å². The summed E-state index contributed by atoms with van der Waals surface area (Å²) >= 11 is 0. The molecule has 3 rings (SSSR count). The number of aliphatic hydroxyl groups is 1. The summed E-state index contributed by atoms with van der Waals surface area (Å²) in [6.45, 7) is -0.135. The number of nitrogens with one attached hydrogen (secondary N) is 2. The lowest BCUT2D eigenvalue weighted by atomic mass is 10.1. The predicted octanol–water partition coefficient (Wildman–Crippen LogP) is 1.81. The topological polar surface area (TPSA) is 90.9 Å². The summed E-state index contributed by atoms with van der Waals surface area (Å²) in [5, 5.41) is 19.2. The number of pyridine rings is 1. The first-order valence-corrected chi connectivity index (χ1v) is 7.67. The lowest BCUT2D eigenvalue weighted by Gasteiger charge is -2.15. The minimum absolute atomic E-state index is 0.135. The third kappa shape index (κ3) is 3.85. The Labute approximate surface area is 139 Å². The molecule has 1 amide bonds. The van der Waals surface area contributed by atoms with E-state index in [0.717, 1.165) is 11.1 Å². The van der Waals surface area contributed by atoms with Crippen LogP contribution in [0.3, 0.4) is 0 Å². The number of hydrogen-bond donors (Lipinski definition) is 3. The molecule has 1 aromatic carbocycles. The zero-order chi connectivity index (χ0) is 16.8. The second-order valence-corrected chi connectivity index (χ2v) is 5.45. The summed E-state index contributed by atoms with van der Waals surface area (Å²) in [4.78, 5) is 16.4. The third-order valence-corrected chi connectivity index (χ3v) is 3.66. The third-order valence-electron chi connectivity index (χ3n) is 3.66. The largest absolute Gasteiger partial charge is 0.394 e. The highest BCUT2D eigenvalue weighted by atomic mass is 16.3. The Bertz CT molecular complexity index is 787. The maximum Gasteiger partial charge on any atom is 0.269 e. The van der Waals surface area contributed by atoms with Gasteiger partial charge in [0.05, 0.1) is 18.3 Å². The van der Waals surface area contributed by atoms with Gasteiger partial charge in [0, 0.05) is 18.0 Å². The van der Waals surface area contributed by atoms with Crippen LogP contribution >= 0.6 is 0 Å². The summed E-state index contributed by atoms with van der Waals surface area (Å²) in [5.74, 6) is -0.298. The van der Waals surface area contributed by atoms with Crippen molar-refractivity contribution in [2.45, 2.75) is 12.5 Å². The van der Waals surface area contributed by atoms with Gasteiger partial charge < -0.3 is 10.4 Å². The molecule has 0 unspecified atom stereocenters. The molecule has 3 N–H and O–H groups in total. The zero-order valence-electron chi connectivity index (χ0n) is 13.0. The van der Waals surface area contributed by atoms with Crippen molar-refractivity contribution in [1.82, 2.24) is 20.5 Å². The second kappa shape index (κ2) is 7.52. The Kier molecular flexibility index (Phi) is 4.98. The number of hydrogen-bond acceptors (Lipinski definition) is 4. The fourth-order valence-electron chi connectivity index (χ4n) is 2.42. The van der Waals surface area contributed by atoms with Gasteiger partial charge in [-0.25, -0.2) is 0 Å². The molecule has 2 aromatic heterocycles. The molecule has 0 aliphatic rings. The van der Waals surface area contributed by atoms with E-state index in [0.29, 0.717) is 17.8 Å². The van der Waals surface area contributed by atoms with Crippen LogP contribution in [-0.2, 0) is 6.42 Å². The maximum atomic E-state index is 12.3. The van der Waals surface area contributed by atoms with Crippen LogP contribution in [0, 0.1) is 0 Å². The van der Waals surface area contributed by atoms with Gasteiger partial charge in [-0.2, -0.15) is 5.10 Å². The Morgan fingerprint density at radius 2 is 2.04 bits per heavy atom. The smallest absolute Gasteiger partial charge is 0.269 e. The van der Waals surface area contributed by atoms with Crippen molar-refractivity contribution in [3.8, 4) is 11.3 Å². The first-order chi connectivity index (χ1) is 11.8. The van der Waals surface area contributed by atoms with Crippen molar-refractivity contribution in [2.75, 3.05) is 6.61 Å². The molecule has 0 saturated heterocycles. The lowest BCUT2D eigenvalue weighted by Crippen LogP contribution is -2.39. The standard InChI is InChI=1S/C18H18N4O2/c23-12-15(9-13-5-2-1-3-6-13)20-18(24)17-10-16(21-22-17)14-7-4-8-19-11-14/h1-8,10-11,15,23H,9,12H2,(H,20,24)(H,21,22)/t15-/m0/s1. The quantitative estimate of drug-likeness (QED) is 0.645. The second-order valence-electron chi connectivity index (χ2n) is 5.45. The van der Waals surface area contributed by atoms with Crippen molar-refractivity contribution in [1.29, 1.82) is 0 Å². The number of aromatic nitrogens is 3. The van der Waals surface area contributed by atoms with Crippen LogP contribution in [0.5, 0.6) is 0 Å². The zero-order valence-corrected chi connectivity index (χ0v) is 13.0. The molecule has 24 heavy (non-hydrogen) atoms. The van der Waals surface area contributed by atoms with E-state index in [-0.39, 0.29) is 18.6 Å². The van der Waals surface area contributed by atoms with Gasteiger partial charge in [-0.1, -0.05) is 30.3 Å². The van der Waals surface area contributed by atoms with Gasteiger partial charge in [0.2, 0.25) is 0 Å². The van der Waals surface area contributed by atoms with Crippen molar-refractivity contribution in [3.63, 3.8) is 0 Å². The normalized spacial score (nSPS) is 11.9. The highest BCUT2D eigenvalue weighted by Crippen LogP contribution is 2.16. The summed E-state index contributed by atoms with van der Waals surface area (Å²) in [6, 6.07) is 14.7. The first kappa shape index (κ1) is 15.9. The SMILES string of the molecule is O=C(N[C@H](CO)Cc1ccccc1)c1cc(-c2cccnc2)n[nH]1. The molecular weight excluding hydrogens is 304 g/mol. The number of aromatic amines is 1. The molecule has 3 aromatic rings. The number of H-pyrrole nitrogens is 1. The highest BCUT2D eigenvalue weighted by molar-refractivity contribution is 5.93. The number of rotatable bonds is 6. The number of aliphatic hydroxyl groups excluding tert-OH is 1. The average molecular weight is 322 g/mol. The maximum absolute atomic E-state index is 12.3. The average Bonchev–Trinajstić information content (AvgIpc) is 3.13. The van der Waals surface area contributed by atoms with Gasteiger partial charge in [0.25, 0.3) is 5.91 Å². The molecule has 0 bridgehead atoms. The van der Waals surface area contributed by atoms with E-state index in [1.165, 1.54) is 0 Å². The Balaban J connectivity index is 1.67. The van der Waals surface area contributed by atoms with Crippen LogP contribution < -0.4 is 5.32 Å². The van der Waals surface area contributed by atoms with Crippen molar-refractivity contribution < 1.29 is 9.90 Å². The first-order valence-electron chi connectivity index (χ1n) is 7.67. The predicted molar refractivity (Wildman–Crippen MR) is 90.3 cm³/mol. The molecule has 0 aliphatic heterocycles. The van der Waals surface area contributed by atoms with E-state index < -0.39 is 0 Å². The monoisotopic (exact) mass is 322 g/mol. The van der Waals surface area contributed by atoms with Crippen LogP contribution in [-0.4, -0.2) is 38.8 Å². The lowest BCUT2D eigenvalue weighted by molar-refractivity contribution is 0.0911. The molecule has 2 heterocycles. The summed E-state index contributed by atoms with van der Waals surface area (Å²) in [7, 11) is 0.